The molecule has 25 heavy (non-hydrogen) atoms. The van der Waals surface area contributed by atoms with Gasteiger partial charge in [0.25, 0.3) is 5.91 Å². The summed E-state index contributed by atoms with van der Waals surface area (Å²) in [5, 5.41) is 2.81. The Morgan fingerprint density at radius 1 is 1.08 bits per heavy atom. The first-order valence-electron chi connectivity index (χ1n) is 8.34. The Kier molecular flexibility index (Phi) is 6.57. The first-order chi connectivity index (χ1) is 12.0. The lowest BCUT2D eigenvalue weighted by atomic mass is 10.2. The van der Waals surface area contributed by atoms with Crippen molar-refractivity contribution in [2.24, 2.45) is 0 Å². The molecule has 0 heterocycles. The highest BCUT2D eigenvalue weighted by atomic mass is 16.5. The fourth-order valence-electron chi connectivity index (χ4n) is 2.30. The maximum absolute atomic E-state index is 12.4. The van der Waals surface area contributed by atoms with E-state index in [1.165, 1.54) is 0 Å². The lowest BCUT2D eigenvalue weighted by Gasteiger charge is -2.17. The van der Waals surface area contributed by atoms with Crippen molar-refractivity contribution in [1.82, 2.24) is 0 Å². The number of hydrogen-bond donors (Lipinski definition) is 1. The summed E-state index contributed by atoms with van der Waals surface area (Å²) in [6.45, 7) is 5.94. The molecule has 0 fully saturated rings. The quantitative estimate of drug-likeness (QED) is 0.774. The zero-order valence-electron chi connectivity index (χ0n) is 14.7. The van der Waals surface area contributed by atoms with Crippen molar-refractivity contribution in [2.75, 3.05) is 11.9 Å². The van der Waals surface area contributed by atoms with Gasteiger partial charge >= 0.3 is 5.97 Å². The maximum atomic E-state index is 12.4. The molecule has 0 aromatic heterocycles. The Morgan fingerprint density at radius 2 is 1.80 bits per heavy atom. The van der Waals surface area contributed by atoms with Crippen LogP contribution in [0.4, 0.5) is 5.69 Å². The number of carbonyl (C=O) groups is 2. The van der Waals surface area contributed by atoms with Crippen LogP contribution in [0.1, 0.15) is 36.2 Å². The van der Waals surface area contributed by atoms with Gasteiger partial charge in [0, 0.05) is 5.69 Å². The number of anilines is 1. The van der Waals surface area contributed by atoms with Gasteiger partial charge in [-0.25, -0.2) is 4.79 Å². The van der Waals surface area contributed by atoms with Crippen LogP contribution in [-0.4, -0.2) is 24.6 Å². The second-order valence-electron chi connectivity index (χ2n) is 5.62. The minimum Gasteiger partial charge on any atom is -0.481 e. The first kappa shape index (κ1) is 18.5. The highest BCUT2D eigenvalue weighted by molar-refractivity contribution is 5.95. The molecule has 1 atom stereocenters. The number of carbonyl (C=O) groups excluding carboxylic acids is 2. The molecule has 2 aromatic rings. The monoisotopic (exact) mass is 341 g/mol. The maximum Gasteiger partial charge on any atom is 0.338 e. The van der Waals surface area contributed by atoms with Gasteiger partial charge in [-0.15, -0.1) is 0 Å². The van der Waals surface area contributed by atoms with E-state index in [2.05, 4.69) is 5.32 Å². The van der Waals surface area contributed by atoms with Gasteiger partial charge < -0.3 is 14.8 Å². The smallest absolute Gasteiger partial charge is 0.338 e. The summed E-state index contributed by atoms with van der Waals surface area (Å²) in [5.74, 6) is 0.0575. The van der Waals surface area contributed by atoms with Gasteiger partial charge in [-0.05, 0) is 62.2 Å². The van der Waals surface area contributed by atoms with Gasteiger partial charge in [0.1, 0.15) is 5.75 Å². The first-order valence-corrected chi connectivity index (χ1v) is 8.34. The molecular formula is C20H23NO4. The van der Waals surface area contributed by atoms with Gasteiger partial charge in [-0.2, -0.15) is 0 Å². The standard InChI is InChI=1S/C20H23NO4/c1-4-18(25-17-8-6-7-14(3)13-17)19(22)21-16-11-9-15(10-12-16)20(23)24-5-2/h6-13,18H,4-5H2,1-3H3,(H,21,22)/t18-/m1/s1. The molecule has 0 saturated carbocycles. The molecule has 5 heteroatoms. The van der Waals surface area contributed by atoms with Crippen LogP contribution >= 0.6 is 0 Å². The minimum atomic E-state index is -0.591. The van der Waals surface area contributed by atoms with Gasteiger partial charge in [0.2, 0.25) is 0 Å². The molecule has 0 saturated heterocycles. The van der Waals surface area contributed by atoms with Crippen molar-refractivity contribution in [3.8, 4) is 5.75 Å². The molecule has 0 bridgehead atoms. The van der Waals surface area contributed by atoms with E-state index in [9.17, 15) is 9.59 Å². The van der Waals surface area contributed by atoms with E-state index < -0.39 is 6.10 Å². The molecule has 2 aromatic carbocycles. The molecule has 1 amide bonds. The number of rotatable bonds is 7. The number of ether oxygens (including phenoxy) is 2. The zero-order chi connectivity index (χ0) is 18.2. The molecule has 0 aliphatic carbocycles. The summed E-state index contributed by atoms with van der Waals surface area (Å²) in [7, 11) is 0. The summed E-state index contributed by atoms with van der Waals surface area (Å²) in [4.78, 5) is 24.1. The van der Waals surface area contributed by atoms with E-state index in [0.717, 1.165) is 5.56 Å². The fourth-order valence-corrected chi connectivity index (χ4v) is 2.30. The Balaban J connectivity index is 2.00. The molecule has 0 unspecified atom stereocenters. The van der Waals surface area contributed by atoms with Crippen LogP contribution < -0.4 is 10.1 Å². The lowest BCUT2D eigenvalue weighted by Crippen LogP contribution is -2.32. The van der Waals surface area contributed by atoms with E-state index in [4.69, 9.17) is 9.47 Å². The summed E-state index contributed by atoms with van der Waals surface area (Å²) >= 11 is 0. The summed E-state index contributed by atoms with van der Waals surface area (Å²) in [6, 6.07) is 14.2. The number of hydrogen-bond acceptors (Lipinski definition) is 4. The summed E-state index contributed by atoms with van der Waals surface area (Å²) in [5.41, 5.74) is 2.12. The molecule has 2 rings (SSSR count). The fraction of sp³-hybridized carbons (Fsp3) is 0.300. The van der Waals surface area contributed by atoms with Gasteiger partial charge in [0.05, 0.1) is 12.2 Å². The summed E-state index contributed by atoms with van der Waals surface area (Å²) < 4.78 is 10.7. The Morgan fingerprint density at radius 3 is 2.40 bits per heavy atom. The van der Waals surface area contributed by atoms with Crippen LogP contribution in [-0.2, 0) is 9.53 Å². The predicted octanol–water partition coefficient (Wildman–Crippen LogP) is 3.97. The molecule has 0 aliphatic heterocycles. The SMILES string of the molecule is CCOC(=O)c1ccc(NC(=O)[C@@H](CC)Oc2cccc(C)c2)cc1. The van der Waals surface area contributed by atoms with Crippen LogP contribution in [0.5, 0.6) is 5.75 Å². The highest BCUT2D eigenvalue weighted by Gasteiger charge is 2.18. The molecular weight excluding hydrogens is 318 g/mol. The van der Waals surface area contributed by atoms with Gasteiger partial charge in [-0.1, -0.05) is 19.1 Å². The van der Waals surface area contributed by atoms with E-state index in [1.54, 1.807) is 31.2 Å². The van der Waals surface area contributed by atoms with E-state index in [0.29, 0.717) is 30.0 Å². The average molecular weight is 341 g/mol. The van der Waals surface area contributed by atoms with Gasteiger partial charge in [0.15, 0.2) is 6.10 Å². The topological polar surface area (TPSA) is 64.6 Å². The average Bonchev–Trinajstić information content (AvgIpc) is 2.60. The molecule has 0 spiro atoms. The third kappa shape index (κ3) is 5.35. The Hall–Kier alpha value is -2.82. The van der Waals surface area contributed by atoms with Crippen LogP contribution in [0.25, 0.3) is 0 Å². The Labute approximate surface area is 148 Å². The van der Waals surface area contributed by atoms with Crippen molar-refractivity contribution < 1.29 is 19.1 Å². The van der Waals surface area contributed by atoms with Crippen molar-refractivity contribution in [3.63, 3.8) is 0 Å². The molecule has 0 radical (unpaired) electrons. The number of nitrogens with one attached hydrogen (secondary N) is 1. The van der Waals surface area contributed by atoms with Crippen molar-refractivity contribution in [3.05, 3.63) is 59.7 Å². The summed E-state index contributed by atoms with van der Waals surface area (Å²) in [6.07, 6.45) is -0.0488. The van der Waals surface area contributed by atoms with E-state index in [1.807, 2.05) is 38.1 Å². The van der Waals surface area contributed by atoms with Crippen molar-refractivity contribution in [2.45, 2.75) is 33.3 Å². The number of aryl methyl sites for hydroxylation is 1. The third-order valence-electron chi connectivity index (χ3n) is 3.59. The van der Waals surface area contributed by atoms with E-state index in [-0.39, 0.29) is 11.9 Å². The highest BCUT2D eigenvalue weighted by Crippen LogP contribution is 2.17. The van der Waals surface area contributed by atoms with Crippen LogP contribution in [0.2, 0.25) is 0 Å². The molecule has 0 aliphatic rings. The zero-order valence-corrected chi connectivity index (χ0v) is 14.7. The third-order valence-corrected chi connectivity index (χ3v) is 3.59. The Bertz CT molecular complexity index is 725. The number of esters is 1. The van der Waals surface area contributed by atoms with Crippen molar-refractivity contribution >= 4 is 17.6 Å². The number of amides is 1. The molecule has 132 valence electrons. The molecule has 5 nitrogen and oxygen atoms in total. The lowest BCUT2D eigenvalue weighted by molar-refractivity contribution is -0.122. The second kappa shape index (κ2) is 8.87. The van der Waals surface area contributed by atoms with Crippen molar-refractivity contribution in [1.29, 1.82) is 0 Å². The van der Waals surface area contributed by atoms with Crippen LogP contribution in [0.3, 0.4) is 0 Å². The van der Waals surface area contributed by atoms with E-state index >= 15 is 0 Å². The predicted molar refractivity (Wildman–Crippen MR) is 96.9 cm³/mol. The second-order valence-corrected chi connectivity index (χ2v) is 5.62. The number of benzene rings is 2. The normalized spacial score (nSPS) is 11.5. The van der Waals surface area contributed by atoms with Crippen LogP contribution in [0, 0.1) is 6.92 Å². The minimum absolute atomic E-state index is 0.229. The molecule has 1 N–H and O–H groups in total. The van der Waals surface area contributed by atoms with Crippen LogP contribution in [0.15, 0.2) is 48.5 Å². The van der Waals surface area contributed by atoms with Gasteiger partial charge in [-0.3, -0.25) is 4.79 Å². The largest absolute Gasteiger partial charge is 0.481 e.